The van der Waals surface area contributed by atoms with Crippen LogP contribution >= 0.6 is 15.9 Å². The number of carbonyl (C=O) groups excluding carboxylic acids is 1. The van der Waals surface area contributed by atoms with Crippen LogP contribution in [0.3, 0.4) is 0 Å². The fraction of sp³-hybridized carbons (Fsp3) is 0.562. The molecule has 1 fully saturated rings. The predicted molar refractivity (Wildman–Crippen MR) is 85.2 cm³/mol. The number of halogens is 1. The molecule has 5 heteroatoms. The van der Waals surface area contributed by atoms with Crippen LogP contribution in [0, 0.1) is 5.92 Å². The molecule has 116 valence electrons. The number of carbonyl (C=O) groups is 1. The van der Waals surface area contributed by atoms with Crippen molar-refractivity contribution in [3.05, 3.63) is 33.8 Å². The number of hydrogen-bond acceptors (Lipinski definition) is 4. The van der Waals surface area contributed by atoms with Gasteiger partial charge in [-0.15, -0.1) is 0 Å². The summed E-state index contributed by atoms with van der Waals surface area (Å²) < 4.78 is 5.62. The van der Waals surface area contributed by atoms with Crippen molar-refractivity contribution in [2.45, 2.75) is 38.3 Å². The summed E-state index contributed by atoms with van der Waals surface area (Å²) in [5.74, 6) is 0.331. The van der Waals surface area contributed by atoms with Gasteiger partial charge in [-0.25, -0.2) is 4.79 Å². The van der Waals surface area contributed by atoms with Crippen LogP contribution in [-0.2, 0) is 11.3 Å². The Morgan fingerprint density at radius 2 is 2.10 bits per heavy atom. The van der Waals surface area contributed by atoms with E-state index in [9.17, 15) is 9.90 Å². The zero-order chi connectivity index (χ0) is 15.2. The molecule has 0 bridgehead atoms. The maximum Gasteiger partial charge on any atom is 0.337 e. The molecular formula is C16H22BrNO3. The second kappa shape index (κ2) is 7.92. The number of aliphatic hydroxyl groups is 1. The molecule has 0 unspecified atom stereocenters. The lowest BCUT2D eigenvalue weighted by atomic mass is 9.87. The molecule has 4 nitrogen and oxygen atoms in total. The van der Waals surface area contributed by atoms with Crippen molar-refractivity contribution in [2.24, 2.45) is 5.92 Å². The molecule has 1 aromatic carbocycles. The van der Waals surface area contributed by atoms with E-state index in [2.05, 4.69) is 21.2 Å². The Labute approximate surface area is 134 Å². The molecule has 1 aliphatic rings. The molecule has 0 atom stereocenters. The van der Waals surface area contributed by atoms with Crippen molar-refractivity contribution in [3.8, 4) is 0 Å². The maximum absolute atomic E-state index is 11.4. The minimum Gasteiger partial charge on any atom is -0.465 e. The normalized spacial score (nSPS) is 22.0. The lowest BCUT2D eigenvalue weighted by molar-refractivity contribution is 0.0600. The van der Waals surface area contributed by atoms with Gasteiger partial charge in [-0.05, 0) is 55.8 Å². The molecule has 0 amide bonds. The third-order valence-corrected chi connectivity index (χ3v) is 4.78. The van der Waals surface area contributed by atoms with Gasteiger partial charge in [-0.1, -0.05) is 22.0 Å². The molecule has 0 heterocycles. The summed E-state index contributed by atoms with van der Waals surface area (Å²) in [5.41, 5.74) is 1.67. The topological polar surface area (TPSA) is 58.6 Å². The van der Waals surface area contributed by atoms with E-state index < -0.39 is 0 Å². The van der Waals surface area contributed by atoms with Gasteiger partial charge in [-0.2, -0.15) is 0 Å². The van der Waals surface area contributed by atoms with Gasteiger partial charge in [0, 0.05) is 11.0 Å². The van der Waals surface area contributed by atoms with Crippen LogP contribution in [0.2, 0.25) is 0 Å². The van der Waals surface area contributed by atoms with E-state index in [0.29, 0.717) is 11.5 Å². The Morgan fingerprint density at radius 3 is 2.71 bits per heavy atom. The molecule has 1 saturated carbocycles. The monoisotopic (exact) mass is 355 g/mol. The largest absolute Gasteiger partial charge is 0.465 e. The fourth-order valence-electron chi connectivity index (χ4n) is 2.70. The third-order valence-electron chi connectivity index (χ3n) is 4.04. The Kier molecular flexibility index (Phi) is 6.21. The maximum atomic E-state index is 11.4. The van der Waals surface area contributed by atoms with Crippen LogP contribution in [0.5, 0.6) is 0 Å². The minimum absolute atomic E-state index is 0.0961. The van der Waals surface area contributed by atoms with Gasteiger partial charge in [-0.3, -0.25) is 0 Å². The van der Waals surface area contributed by atoms with Gasteiger partial charge in [0.1, 0.15) is 0 Å². The number of rotatable bonds is 5. The van der Waals surface area contributed by atoms with Gasteiger partial charge in [0.25, 0.3) is 0 Å². The smallest absolute Gasteiger partial charge is 0.337 e. The highest BCUT2D eigenvalue weighted by molar-refractivity contribution is 9.10. The average molecular weight is 356 g/mol. The minimum atomic E-state index is -0.323. The number of aliphatic hydroxyl groups excluding tert-OH is 1. The second-order valence-corrected chi connectivity index (χ2v) is 6.46. The summed E-state index contributed by atoms with van der Waals surface area (Å²) >= 11 is 3.50. The highest BCUT2D eigenvalue weighted by Gasteiger charge is 2.18. The van der Waals surface area contributed by atoms with Crippen molar-refractivity contribution >= 4 is 21.9 Å². The lowest BCUT2D eigenvalue weighted by Gasteiger charge is -2.25. The number of esters is 1. The Hall–Kier alpha value is -0.910. The zero-order valence-electron chi connectivity index (χ0n) is 12.3. The molecule has 0 saturated heterocycles. The highest BCUT2D eigenvalue weighted by atomic mass is 79.9. The van der Waals surface area contributed by atoms with Crippen molar-refractivity contribution in [3.63, 3.8) is 0 Å². The third kappa shape index (κ3) is 4.80. The van der Waals surface area contributed by atoms with Crippen molar-refractivity contribution < 1.29 is 14.6 Å². The fourth-order valence-corrected chi connectivity index (χ4v) is 3.21. The van der Waals surface area contributed by atoms with Crippen LogP contribution in [0.4, 0.5) is 0 Å². The molecule has 1 aliphatic carbocycles. The number of nitrogens with one attached hydrogen (secondary N) is 1. The van der Waals surface area contributed by atoms with E-state index in [1.165, 1.54) is 7.11 Å². The van der Waals surface area contributed by atoms with Gasteiger partial charge in [0.05, 0.1) is 18.8 Å². The number of hydrogen-bond donors (Lipinski definition) is 2. The van der Waals surface area contributed by atoms with Crippen LogP contribution in [0.1, 0.15) is 41.6 Å². The summed E-state index contributed by atoms with van der Waals surface area (Å²) in [6.45, 7) is 1.74. The first-order valence-electron chi connectivity index (χ1n) is 7.35. The van der Waals surface area contributed by atoms with E-state index in [4.69, 9.17) is 4.74 Å². The standard InChI is InChI=1S/C16H22BrNO3/c1-21-16(20)12-4-5-13(15(17)8-12)10-18-9-11-2-6-14(19)7-3-11/h4-5,8,11,14,18-19H,2-3,6-7,9-10H2,1H3. The van der Waals surface area contributed by atoms with E-state index in [0.717, 1.165) is 48.8 Å². The van der Waals surface area contributed by atoms with Crippen molar-refractivity contribution in [1.29, 1.82) is 0 Å². The van der Waals surface area contributed by atoms with E-state index in [1.807, 2.05) is 6.07 Å². The summed E-state index contributed by atoms with van der Waals surface area (Å²) in [6.07, 6.45) is 3.93. The molecule has 2 rings (SSSR count). The average Bonchev–Trinajstić information content (AvgIpc) is 2.50. The molecule has 2 N–H and O–H groups in total. The number of ether oxygens (including phenoxy) is 1. The molecule has 0 radical (unpaired) electrons. The Balaban J connectivity index is 1.82. The summed E-state index contributed by atoms with van der Waals surface area (Å²) in [4.78, 5) is 11.4. The SMILES string of the molecule is COC(=O)c1ccc(CNCC2CCC(O)CC2)c(Br)c1. The zero-order valence-corrected chi connectivity index (χ0v) is 13.9. The van der Waals surface area contributed by atoms with Gasteiger partial charge in [0.2, 0.25) is 0 Å². The second-order valence-electron chi connectivity index (χ2n) is 5.60. The molecule has 0 aromatic heterocycles. The van der Waals surface area contributed by atoms with E-state index >= 15 is 0 Å². The molecule has 0 aliphatic heterocycles. The van der Waals surface area contributed by atoms with Crippen LogP contribution < -0.4 is 5.32 Å². The van der Waals surface area contributed by atoms with E-state index in [-0.39, 0.29) is 12.1 Å². The van der Waals surface area contributed by atoms with Crippen LogP contribution in [-0.4, -0.2) is 30.8 Å². The van der Waals surface area contributed by atoms with Crippen LogP contribution in [0.25, 0.3) is 0 Å². The Bertz CT molecular complexity index is 484. The summed E-state index contributed by atoms with van der Waals surface area (Å²) in [7, 11) is 1.38. The van der Waals surface area contributed by atoms with Gasteiger partial charge < -0.3 is 15.2 Å². The molecule has 21 heavy (non-hydrogen) atoms. The van der Waals surface area contributed by atoms with Crippen molar-refractivity contribution in [1.82, 2.24) is 5.32 Å². The molecule has 0 spiro atoms. The lowest BCUT2D eigenvalue weighted by Crippen LogP contribution is -2.27. The van der Waals surface area contributed by atoms with Gasteiger partial charge >= 0.3 is 5.97 Å². The summed E-state index contributed by atoms with van der Waals surface area (Å²) in [6, 6.07) is 5.51. The Morgan fingerprint density at radius 1 is 1.38 bits per heavy atom. The van der Waals surface area contributed by atoms with E-state index in [1.54, 1.807) is 12.1 Å². The quantitative estimate of drug-likeness (QED) is 0.797. The first-order chi connectivity index (χ1) is 10.1. The molecule has 1 aromatic rings. The highest BCUT2D eigenvalue weighted by Crippen LogP contribution is 2.24. The van der Waals surface area contributed by atoms with Crippen molar-refractivity contribution in [2.75, 3.05) is 13.7 Å². The first kappa shape index (κ1) is 16.5. The predicted octanol–water partition coefficient (Wildman–Crippen LogP) is 2.88. The molecular weight excluding hydrogens is 334 g/mol. The van der Waals surface area contributed by atoms with Gasteiger partial charge in [0.15, 0.2) is 0 Å². The first-order valence-corrected chi connectivity index (χ1v) is 8.15. The van der Waals surface area contributed by atoms with Crippen LogP contribution in [0.15, 0.2) is 22.7 Å². The number of benzene rings is 1. The summed E-state index contributed by atoms with van der Waals surface area (Å²) in [5, 5.41) is 13.0. The number of methoxy groups -OCH3 is 1.